The SMILES string of the molecule is [2H]c1c([2H])c(C2(C)CCCCC2)c([2H])c([2H])c1-c1ccnc(-c2ccc(-c3ccccc3-c3cc(C)cc(CCc4ccc(-c5ccccn5)cc4)c3)cc2)c1. The van der Waals surface area contributed by atoms with Crippen LogP contribution in [0.4, 0.5) is 0 Å². The van der Waals surface area contributed by atoms with Gasteiger partial charge >= 0.3 is 0 Å². The molecule has 0 saturated heterocycles. The smallest absolute Gasteiger partial charge is 0.0708 e. The van der Waals surface area contributed by atoms with Gasteiger partial charge in [0, 0.05) is 23.5 Å². The molecular formula is C50H46N2. The maximum atomic E-state index is 9.02. The molecule has 256 valence electrons. The molecular weight excluding hydrogens is 629 g/mol. The van der Waals surface area contributed by atoms with Crippen LogP contribution in [0, 0.1) is 6.92 Å². The van der Waals surface area contributed by atoms with Gasteiger partial charge < -0.3 is 0 Å². The molecule has 52 heavy (non-hydrogen) atoms. The Hall–Kier alpha value is -5.60. The molecule has 0 atom stereocenters. The Morgan fingerprint density at radius 2 is 1.15 bits per heavy atom. The van der Waals surface area contributed by atoms with Crippen LogP contribution in [-0.2, 0) is 18.3 Å². The number of rotatable bonds is 9. The Bertz CT molecular complexity index is 2480. The normalized spacial score (nSPS) is 15.0. The number of nitrogens with zero attached hydrogens (tertiary/aromatic N) is 2. The Kier molecular flexibility index (Phi) is 8.34. The monoisotopic (exact) mass is 678 g/mol. The molecule has 0 spiro atoms. The second-order valence-electron chi connectivity index (χ2n) is 14.5. The zero-order valence-electron chi connectivity index (χ0n) is 34.0. The van der Waals surface area contributed by atoms with Crippen LogP contribution >= 0.6 is 0 Å². The molecule has 0 unspecified atom stereocenters. The Morgan fingerprint density at radius 1 is 0.519 bits per heavy atom. The molecule has 2 nitrogen and oxygen atoms in total. The molecule has 0 bridgehead atoms. The van der Waals surface area contributed by atoms with Gasteiger partial charge in [-0.2, -0.15) is 0 Å². The van der Waals surface area contributed by atoms with Gasteiger partial charge in [-0.1, -0.05) is 153 Å². The maximum absolute atomic E-state index is 9.02. The largest absolute Gasteiger partial charge is 0.256 e. The average Bonchev–Trinajstić information content (AvgIpc) is 3.23. The minimum absolute atomic E-state index is 0.0199. The van der Waals surface area contributed by atoms with E-state index in [4.69, 9.17) is 5.48 Å². The lowest BCUT2D eigenvalue weighted by Gasteiger charge is -2.34. The Labute approximate surface area is 314 Å². The third-order valence-electron chi connectivity index (χ3n) is 10.7. The standard InChI is InChI=1S/C50H46N2/c1-36-32-38(14-13-37-15-17-41(18-16-37)48-12-6-9-30-51-48)34-44(33-36)47-11-5-4-10-46(47)40-19-21-42(22-20-40)49-35-43(27-31-52-49)39-23-25-45(26-24-39)50(2)28-7-3-8-29-50/h4-6,9-12,15-27,30-35H,3,7-8,13-14,28-29H2,1-2H3/i23D,24D,25D,26D. The second-order valence-corrected chi connectivity index (χ2v) is 14.5. The lowest BCUT2D eigenvalue weighted by Crippen LogP contribution is -2.24. The molecule has 0 aliphatic heterocycles. The van der Waals surface area contributed by atoms with Crippen molar-refractivity contribution in [2.45, 2.75) is 64.2 Å². The minimum Gasteiger partial charge on any atom is -0.256 e. The number of aryl methyl sites for hydroxylation is 3. The third-order valence-corrected chi connectivity index (χ3v) is 10.7. The van der Waals surface area contributed by atoms with Crippen LogP contribution in [0.3, 0.4) is 0 Å². The van der Waals surface area contributed by atoms with Gasteiger partial charge in [-0.15, -0.1) is 0 Å². The minimum atomic E-state index is -0.336. The van der Waals surface area contributed by atoms with Gasteiger partial charge in [-0.25, -0.2) is 0 Å². The summed E-state index contributed by atoms with van der Waals surface area (Å²) in [5, 5.41) is 0. The van der Waals surface area contributed by atoms with E-state index in [9.17, 15) is 0 Å². The molecule has 0 radical (unpaired) electrons. The van der Waals surface area contributed by atoms with Crippen LogP contribution < -0.4 is 0 Å². The number of aromatic nitrogens is 2. The summed E-state index contributed by atoms with van der Waals surface area (Å²) in [5.74, 6) is 0. The highest BCUT2D eigenvalue weighted by atomic mass is 14.7. The fourth-order valence-electron chi connectivity index (χ4n) is 7.72. The molecule has 1 fully saturated rings. The van der Waals surface area contributed by atoms with Crippen molar-refractivity contribution in [3.63, 3.8) is 0 Å². The summed E-state index contributed by atoms with van der Waals surface area (Å²) in [4.78, 5) is 9.15. The molecule has 0 N–H and O–H groups in total. The van der Waals surface area contributed by atoms with Crippen LogP contribution in [0.15, 0.2) is 158 Å². The van der Waals surface area contributed by atoms with Crippen LogP contribution in [-0.4, -0.2) is 9.97 Å². The van der Waals surface area contributed by atoms with E-state index in [2.05, 4.69) is 115 Å². The highest BCUT2D eigenvalue weighted by Crippen LogP contribution is 2.40. The summed E-state index contributed by atoms with van der Waals surface area (Å²) >= 11 is 0. The fourth-order valence-corrected chi connectivity index (χ4v) is 7.72. The molecule has 1 aliphatic rings. The molecule has 0 amide bonds. The first-order valence-electron chi connectivity index (χ1n) is 20.6. The zero-order valence-corrected chi connectivity index (χ0v) is 30.0. The van der Waals surface area contributed by atoms with Crippen LogP contribution in [0.1, 0.15) is 66.8 Å². The van der Waals surface area contributed by atoms with E-state index in [-0.39, 0.29) is 29.6 Å². The van der Waals surface area contributed by atoms with E-state index < -0.39 is 0 Å². The van der Waals surface area contributed by atoms with Crippen molar-refractivity contribution in [2.75, 3.05) is 0 Å². The molecule has 5 aromatic carbocycles. The number of hydrogen-bond donors (Lipinski definition) is 0. The van der Waals surface area contributed by atoms with Gasteiger partial charge in [0.25, 0.3) is 0 Å². The number of hydrogen-bond acceptors (Lipinski definition) is 2. The predicted molar refractivity (Wildman–Crippen MR) is 218 cm³/mol. The van der Waals surface area contributed by atoms with E-state index in [0.717, 1.165) is 78.6 Å². The first-order chi connectivity index (χ1) is 27.2. The molecule has 2 heterocycles. The number of benzene rings is 5. The van der Waals surface area contributed by atoms with E-state index in [0.29, 0.717) is 16.7 Å². The van der Waals surface area contributed by atoms with Crippen molar-refractivity contribution < 1.29 is 5.48 Å². The first kappa shape index (κ1) is 29.0. The van der Waals surface area contributed by atoms with Gasteiger partial charge in [-0.3, -0.25) is 9.97 Å². The molecule has 2 heteroatoms. The summed E-state index contributed by atoms with van der Waals surface area (Å²) in [7, 11) is 0. The molecule has 2 aromatic heterocycles. The van der Waals surface area contributed by atoms with Crippen molar-refractivity contribution in [2.24, 2.45) is 0 Å². The summed E-state index contributed by atoms with van der Waals surface area (Å²) in [6, 6.07) is 42.4. The van der Waals surface area contributed by atoms with Gasteiger partial charge in [-0.05, 0) is 112 Å². The van der Waals surface area contributed by atoms with Crippen molar-refractivity contribution in [1.29, 1.82) is 0 Å². The van der Waals surface area contributed by atoms with E-state index in [1.54, 1.807) is 12.3 Å². The van der Waals surface area contributed by atoms with Crippen LogP contribution in [0.25, 0.3) is 55.9 Å². The highest BCUT2D eigenvalue weighted by Gasteiger charge is 2.28. The Balaban J connectivity index is 1.04. The third kappa shape index (κ3) is 7.39. The summed E-state index contributed by atoms with van der Waals surface area (Å²) in [5.41, 5.74) is 13.4. The molecule has 1 saturated carbocycles. The van der Waals surface area contributed by atoms with Gasteiger partial charge in [0.05, 0.1) is 16.9 Å². The first-order valence-corrected chi connectivity index (χ1v) is 18.6. The van der Waals surface area contributed by atoms with Crippen molar-refractivity contribution in [3.05, 3.63) is 180 Å². The molecule has 7 aromatic rings. The highest BCUT2D eigenvalue weighted by molar-refractivity contribution is 5.85. The van der Waals surface area contributed by atoms with Crippen molar-refractivity contribution in [3.8, 4) is 55.9 Å². The number of pyridine rings is 2. The van der Waals surface area contributed by atoms with Gasteiger partial charge in [0.2, 0.25) is 0 Å². The predicted octanol–water partition coefficient (Wildman–Crippen LogP) is 13.1. The fraction of sp³-hybridized carbons (Fsp3) is 0.200. The van der Waals surface area contributed by atoms with Gasteiger partial charge in [0.15, 0.2) is 0 Å². The van der Waals surface area contributed by atoms with Crippen LogP contribution in [0.2, 0.25) is 0 Å². The summed E-state index contributed by atoms with van der Waals surface area (Å²) < 4.78 is 36.0. The molecule has 1 aliphatic carbocycles. The Morgan fingerprint density at radius 3 is 1.88 bits per heavy atom. The zero-order chi connectivity index (χ0) is 38.8. The quantitative estimate of drug-likeness (QED) is 0.152. The second kappa shape index (κ2) is 14.9. The molecule has 8 rings (SSSR count). The van der Waals surface area contributed by atoms with Crippen LogP contribution in [0.5, 0.6) is 0 Å². The summed E-state index contributed by atoms with van der Waals surface area (Å²) in [6.07, 6.45) is 10.5. The lowest BCUT2D eigenvalue weighted by molar-refractivity contribution is 0.319. The average molecular weight is 679 g/mol. The van der Waals surface area contributed by atoms with Gasteiger partial charge in [0.1, 0.15) is 0 Å². The maximum Gasteiger partial charge on any atom is 0.0708 e. The lowest BCUT2D eigenvalue weighted by atomic mass is 9.71. The topological polar surface area (TPSA) is 25.8 Å². The van der Waals surface area contributed by atoms with E-state index in [1.807, 2.05) is 30.5 Å². The van der Waals surface area contributed by atoms with E-state index >= 15 is 0 Å². The summed E-state index contributed by atoms with van der Waals surface area (Å²) in [6.45, 7) is 4.27. The van der Waals surface area contributed by atoms with Crippen molar-refractivity contribution in [1.82, 2.24) is 9.97 Å². The van der Waals surface area contributed by atoms with E-state index in [1.165, 1.54) is 27.8 Å². The van der Waals surface area contributed by atoms with Crippen molar-refractivity contribution >= 4 is 0 Å².